The fraction of sp³-hybridized carbons (Fsp3) is 0.533. The Morgan fingerprint density at radius 3 is 2.89 bits per heavy atom. The molecule has 4 heteroatoms. The number of imidazole rings is 1. The maximum absolute atomic E-state index is 6.10. The zero-order valence-corrected chi connectivity index (χ0v) is 13.4. The molecule has 1 saturated carbocycles. The van der Waals surface area contributed by atoms with Gasteiger partial charge in [0.15, 0.2) is 0 Å². The number of hydrogen-bond acceptors (Lipinski definition) is 1. The fourth-order valence-electron chi connectivity index (χ4n) is 2.81. The summed E-state index contributed by atoms with van der Waals surface area (Å²) in [6, 6.07) is 6.80. The lowest BCUT2D eigenvalue weighted by Gasteiger charge is -2.20. The summed E-state index contributed by atoms with van der Waals surface area (Å²) in [5.74, 6) is 2.40. The van der Waals surface area contributed by atoms with E-state index in [9.17, 15) is 0 Å². The Morgan fingerprint density at radius 2 is 2.26 bits per heavy atom. The normalized spacial score (nSPS) is 17.0. The first-order valence-electron chi connectivity index (χ1n) is 6.95. The van der Waals surface area contributed by atoms with E-state index in [0.717, 1.165) is 28.2 Å². The maximum atomic E-state index is 6.10. The van der Waals surface area contributed by atoms with Gasteiger partial charge in [0.25, 0.3) is 0 Å². The first-order valence-corrected chi connectivity index (χ1v) is 8.28. The van der Waals surface area contributed by atoms with Gasteiger partial charge in [-0.15, -0.1) is 11.6 Å². The lowest BCUT2D eigenvalue weighted by Crippen LogP contribution is -2.11. The smallest absolute Gasteiger partial charge is 0.125 e. The molecule has 0 saturated heterocycles. The lowest BCUT2D eigenvalue weighted by molar-refractivity contribution is 0.429. The Bertz CT molecular complexity index is 589. The second-order valence-electron chi connectivity index (χ2n) is 5.41. The molecular formula is C15H18BrClN2. The number of halogens is 2. The van der Waals surface area contributed by atoms with E-state index in [0.29, 0.717) is 11.9 Å². The van der Waals surface area contributed by atoms with Gasteiger partial charge in [-0.1, -0.05) is 35.7 Å². The molecule has 1 atom stereocenters. The molecule has 2 nitrogen and oxygen atoms in total. The van der Waals surface area contributed by atoms with Crippen molar-refractivity contribution in [2.24, 2.45) is 5.92 Å². The molecular weight excluding hydrogens is 324 g/mol. The predicted octanol–water partition coefficient (Wildman–Crippen LogP) is 5.29. The van der Waals surface area contributed by atoms with E-state index in [1.165, 1.54) is 24.8 Å². The Hall–Kier alpha value is -0.540. The number of hydrogen-bond donors (Lipinski definition) is 0. The molecule has 102 valence electrons. The van der Waals surface area contributed by atoms with Crippen molar-refractivity contribution in [3.63, 3.8) is 0 Å². The Morgan fingerprint density at radius 1 is 1.47 bits per heavy atom. The minimum atomic E-state index is 0.480. The molecule has 0 spiro atoms. The number of alkyl halides is 1. The zero-order valence-electron chi connectivity index (χ0n) is 11.1. The van der Waals surface area contributed by atoms with Crippen molar-refractivity contribution in [2.75, 3.05) is 0 Å². The number of aromatic nitrogens is 2. The summed E-state index contributed by atoms with van der Waals surface area (Å²) in [7, 11) is 0. The SMILES string of the molecule is CCC(CC1CC1)n1c(CCl)nc2ccc(Br)cc21. The van der Waals surface area contributed by atoms with Crippen molar-refractivity contribution in [1.29, 1.82) is 0 Å². The molecule has 0 aliphatic heterocycles. The maximum Gasteiger partial charge on any atom is 0.125 e. The van der Waals surface area contributed by atoms with Crippen LogP contribution in [0.4, 0.5) is 0 Å². The third-order valence-corrected chi connectivity index (χ3v) is 4.72. The highest BCUT2D eigenvalue weighted by molar-refractivity contribution is 9.10. The average molecular weight is 342 g/mol. The number of fused-ring (bicyclic) bond motifs is 1. The molecule has 1 unspecified atom stereocenters. The van der Waals surface area contributed by atoms with Crippen molar-refractivity contribution >= 4 is 38.6 Å². The van der Waals surface area contributed by atoms with E-state index < -0.39 is 0 Å². The highest BCUT2D eigenvalue weighted by Crippen LogP contribution is 2.39. The molecule has 1 aliphatic carbocycles. The van der Waals surface area contributed by atoms with Crippen LogP contribution in [-0.2, 0) is 5.88 Å². The molecule has 3 rings (SSSR count). The van der Waals surface area contributed by atoms with E-state index in [2.05, 4.69) is 44.5 Å². The second-order valence-corrected chi connectivity index (χ2v) is 6.59. The van der Waals surface area contributed by atoms with Gasteiger partial charge in [0.2, 0.25) is 0 Å². The highest BCUT2D eigenvalue weighted by atomic mass is 79.9. The molecule has 1 aromatic carbocycles. The molecule has 0 radical (unpaired) electrons. The lowest BCUT2D eigenvalue weighted by atomic mass is 10.1. The standard InChI is InChI=1S/C15H18BrClN2/c1-2-12(7-10-3-4-10)19-14-8-11(16)5-6-13(14)18-15(19)9-17/h5-6,8,10,12H,2-4,7,9H2,1H3. The van der Waals surface area contributed by atoms with E-state index in [-0.39, 0.29) is 0 Å². The average Bonchev–Trinajstić information content (AvgIpc) is 3.16. The van der Waals surface area contributed by atoms with Gasteiger partial charge in [-0.25, -0.2) is 4.98 Å². The molecule has 1 aliphatic rings. The van der Waals surface area contributed by atoms with Crippen molar-refractivity contribution in [1.82, 2.24) is 9.55 Å². The predicted molar refractivity (Wildman–Crippen MR) is 83.7 cm³/mol. The van der Waals surface area contributed by atoms with Gasteiger partial charge < -0.3 is 4.57 Å². The van der Waals surface area contributed by atoms with E-state index in [4.69, 9.17) is 11.6 Å². The summed E-state index contributed by atoms with van der Waals surface area (Å²) in [5.41, 5.74) is 2.26. The molecule has 0 N–H and O–H groups in total. The van der Waals surface area contributed by atoms with Crippen LogP contribution in [0.1, 0.15) is 44.5 Å². The van der Waals surface area contributed by atoms with Gasteiger partial charge >= 0.3 is 0 Å². The molecule has 0 amide bonds. The van der Waals surface area contributed by atoms with Crippen molar-refractivity contribution in [3.8, 4) is 0 Å². The van der Waals surface area contributed by atoms with E-state index >= 15 is 0 Å². The molecule has 0 bridgehead atoms. The monoisotopic (exact) mass is 340 g/mol. The summed E-state index contributed by atoms with van der Waals surface area (Å²) in [6.45, 7) is 2.26. The Kier molecular flexibility index (Phi) is 3.86. The molecule has 2 aromatic rings. The number of rotatable bonds is 5. The number of benzene rings is 1. The topological polar surface area (TPSA) is 17.8 Å². The van der Waals surface area contributed by atoms with Gasteiger partial charge in [-0.05, 0) is 37.0 Å². The largest absolute Gasteiger partial charge is 0.324 e. The minimum Gasteiger partial charge on any atom is -0.324 e. The van der Waals surface area contributed by atoms with Crippen LogP contribution in [0.15, 0.2) is 22.7 Å². The van der Waals surface area contributed by atoms with Crippen molar-refractivity contribution in [3.05, 3.63) is 28.5 Å². The first kappa shape index (κ1) is 13.4. The first-order chi connectivity index (χ1) is 9.22. The molecule has 1 heterocycles. The van der Waals surface area contributed by atoms with Crippen LogP contribution in [0, 0.1) is 5.92 Å². The van der Waals surface area contributed by atoms with Crippen LogP contribution in [0.25, 0.3) is 11.0 Å². The molecule has 19 heavy (non-hydrogen) atoms. The summed E-state index contributed by atoms with van der Waals surface area (Å²) in [6.07, 6.45) is 5.18. The van der Waals surface area contributed by atoms with Gasteiger partial charge in [0.05, 0.1) is 16.9 Å². The molecule has 1 fully saturated rings. The van der Waals surface area contributed by atoms with E-state index in [1.54, 1.807) is 0 Å². The van der Waals surface area contributed by atoms with Gasteiger partial charge in [-0.2, -0.15) is 0 Å². The zero-order chi connectivity index (χ0) is 13.4. The summed E-state index contributed by atoms with van der Waals surface area (Å²) in [4.78, 5) is 4.68. The van der Waals surface area contributed by atoms with Crippen LogP contribution in [0.3, 0.4) is 0 Å². The van der Waals surface area contributed by atoms with Crippen LogP contribution in [0.5, 0.6) is 0 Å². The third kappa shape index (κ3) is 2.68. The van der Waals surface area contributed by atoms with Gasteiger partial charge in [0.1, 0.15) is 5.82 Å². The second kappa shape index (κ2) is 5.45. The quantitative estimate of drug-likeness (QED) is 0.676. The summed E-state index contributed by atoms with van der Waals surface area (Å²) < 4.78 is 3.47. The van der Waals surface area contributed by atoms with Crippen molar-refractivity contribution in [2.45, 2.75) is 44.5 Å². The van der Waals surface area contributed by atoms with Crippen LogP contribution >= 0.6 is 27.5 Å². The van der Waals surface area contributed by atoms with Crippen LogP contribution in [-0.4, -0.2) is 9.55 Å². The van der Waals surface area contributed by atoms with E-state index in [1.807, 2.05) is 6.07 Å². The van der Waals surface area contributed by atoms with Gasteiger partial charge in [0, 0.05) is 10.5 Å². The fourth-order valence-corrected chi connectivity index (χ4v) is 3.35. The molecule has 1 aromatic heterocycles. The van der Waals surface area contributed by atoms with Crippen LogP contribution < -0.4 is 0 Å². The van der Waals surface area contributed by atoms with Crippen molar-refractivity contribution < 1.29 is 0 Å². The Balaban J connectivity index is 2.09. The summed E-state index contributed by atoms with van der Waals surface area (Å²) >= 11 is 9.66. The summed E-state index contributed by atoms with van der Waals surface area (Å²) in [5, 5.41) is 0. The number of nitrogens with zero attached hydrogens (tertiary/aromatic N) is 2. The van der Waals surface area contributed by atoms with Crippen LogP contribution in [0.2, 0.25) is 0 Å². The third-order valence-electron chi connectivity index (χ3n) is 3.98. The minimum absolute atomic E-state index is 0.480. The highest BCUT2D eigenvalue weighted by Gasteiger charge is 2.27. The van der Waals surface area contributed by atoms with Gasteiger partial charge in [-0.3, -0.25) is 0 Å². The Labute approximate surface area is 127 Å².